The first-order valence-corrected chi connectivity index (χ1v) is 25.9. The molecular weight excluding hydrogens is 1210 g/mol. The molecule has 6 heterocycles. The monoisotopic (exact) mass is 1250 g/mol. The van der Waals surface area contributed by atoms with Gasteiger partial charge >= 0.3 is 79.7 Å². The van der Waals surface area contributed by atoms with Crippen LogP contribution in [-0.2, 0) is 59.1 Å². The van der Waals surface area contributed by atoms with Crippen molar-refractivity contribution in [3.8, 4) is 11.5 Å². The average Bonchev–Trinajstić information content (AvgIpc) is 3.98. The molecule has 0 aliphatic carbocycles. The van der Waals surface area contributed by atoms with Crippen LogP contribution in [0.25, 0.3) is 0 Å². The molecule has 6 rings (SSSR count). The number of oxime groups is 2. The van der Waals surface area contributed by atoms with Crippen LogP contribution in [0.3, 0.4) is 0 Å². The number of amides is 6. The number of aliphatic carboxylic acids is 2. The zero-order valence-electron chi connectivity index (χ0n) is 42.6. The van der Waals surface area contributed by atoms with Gasteiger partial charge in [-0.25, -0.2) is 18.6 Å². The van der Waals surface area contributed by atoms with E-state index < -0.39 is 162 Å². The molecule has 0 spiro atoms. The molecule has 4 aromatic heterocycles. The molecule has 2 fully saturated rings. The molecule has 2 aliphatic rings. The van der Waals surface area contributed by atoms with Gasteiger partial charge in [0.1, 0.15) is 34.9 Å². The van der Waals surface area contributed by atoms with Crippen LogP contribution >= 0.6 is 22.7 Å². The Hall–Kier alpha value is -7.52. The van der Waals surface area contributed by atoms with Crippen molar-refractivity contribution in [1.29, 1.82) is 0 Å². The Morgan fingerprint density at radius 2 is 0.976 bits per heavy atom. The minimum absolute atomic E-state index is 0. The molecule has 0 unspecified atom stereocenters. The van der Waals surface area contributed by atoms with Crippen molar-refractivity contribution >= 4 is 112 Å². The standard InChI is InChI=1S/2C19H21N7O12S2.2Na/c2*1-19(2,17(32)33)38-24-12(7-6-39-18(20)22-7)15(30)23-13-9(26(16(13)31)40(35,36)37)4-21-14(29)8-3-10(27)11(28)5-25(8)34;;/h2*3,5-6,9,13,28,34H,4H2,1-2H3,(H2,20,22)(H,21,29)(H,23,30)(H,32,33)(H,35,36,37);;/q;;2*+1/p-2/b2*24-12-;;/t2*9-,13+;;/m11../s1. The fourth-order valence-electron chi connectivity index (χ4n) is 6.28. The van der Waals surface area contributed by atoms with Crippen molar-refractivity contribution in [3.05, 3.63) is 78.5 Å². The summed E-state index contributed by atoms with van der Waals surface area (Å²) in [5, 5.41) is 78.6. The number of carboxylic acids is 2. The van der Waals surface area contributed by atoms with Gasteiger partial charge in [0.2, 0.25) is 10.9 Å². The largest absolute Gasteiger partial charge is 1.00 e. The molecule has 44 heteroatoms. The van der Waals surface area contributed by atoms with E-state index >= 15 is 0 Å². The second-order valence-corrected chi connectivity index (χ2v) is 21.3. The van der Waals surface area contributed by atoms with E-state index in [1.165, 1.54) is 10.8 Å². The molecular formula is C38H40N14Na2O24S4. The molecule has 0 aromatic carbocycles. The maximum atomic E-state index is 13.0. The van der Waals surface area contributed by atoms with E-state index in [0.29, 0.717) is 24.5 Å². The third kappa shape index (κ3) is 15.9. The van der Waals surface area contributed by atoms with Crippen LogP contribution in [0.1, 0.15) is 60.1 Å². The summed E-state index contributed by atoms with van der Waals surface area (Å²) >= 11 is 1.74. The van der Waals surface area contributed by atoms with Crippen LogP contribution in [0.2, 0.25) is 0 Å². The van der Waals surface area contributed by atoms with Crippen molar-refractivity contribution in [3.63, 3.8) is 0 Å². The molecule has 4 aromatic rings. The third-order valence-electron chi connectivity index (χ3n) is 10.5. The van der Waals surface area contributed by atoms with E-state index in [1.807, 2.05) is 0 Å². The van der Waals surface area contributed by atoms with Crippen molar-refractivity contribution in [2.45, 2.75) is 63.1 Å². The number of carboxylic acid groups (broad SMARTS) is 2. The van der Waals surface area contributed by atoms with Crippen LogP contribution in [-0.4, -0.2) is 182 Å². The maximum Gasteiger partial charge on any atom is 1.00 e. The summed E-state index contributed by atoms with van der Waals surface area (Å²) < 4.78 is 66.0. The number of hydrogen-bond donors (Lipinski definition) is 12. The van der Waals surface area contributed by atoms with Gasteiger partial charge in [-0.2, -0.15) is 26.3 Å². The molecule has 0 radical (unpaired) electrons. The first kappa shape index (κ1) is 68.8. The van der Waals surface area contributed by atoms with E-state index in [0.717, 1.165) is 50.4 Å². The smallest absolute Gasteiger partial charge is 0.546 e. The van der Waals surface area contributed by atoms with Gasteiger partial charge < -0.3 is 82.8 Å². The maximum absolute atomic E-state index is 13.0. The molecule has 14 N–H and O–H groups in total. The Labute approximate surface area is 509 Å². The Bertz CT molecular complexity index is 3410. The SMILES string of the molecule is CC(C)(O/N=C(\C(=O)N[C@@H]1C(=O)N(S(=O)(=O)O)[C@@H]1CNC(=O)c1cc(=O)c(O)cn1O)c1csc(N)n1)C(=O)[O-].CC(C)(O/N=C(\C(=O)N[C@@H]1C(=O)N(S(=O)(=O)O)[C@@H]1CNC(=O)c1cc(=O)c(O)cn1O)c1csc(N)n1)C(=O)[O-].[Na+].[Na+]. The molecule has 6 amide bonds. The van der Waals surface area contributed by atoms with Crippen LogP contribution < -0.4 is 113 Å². The molecule has 2 aliphatic heterocycles. The van der Waals surface area contributed by atoms with Crippen molar-refractivity contribution in [1.82, 2.24) is 49.3 Å². The number of hydrogen-bond acceptors (Lipinski definition) is 30. The zero-order chi connectivity index (χ0) is 60.3. The summed E-state index contributed by atoms with van der Waals surface area (Å²) in [5.41, 5.74) is 1.92. The number of nitrogens with two attached hydrogens (primary N) is 2. The number of nitrogens with zero attached hydrogens (tertiary/aromatic N) is 8. The molecule has 0 saturated carbocycles. The first-order valence-electron chi connectivity index (χ1n) is 21.3. The molecule has 2 saturated heterocycles. The van der Waals surface area contributed by atoms with E-state index in [2.05, 4.69) is 41.5 Å². The first-order chi connectivity index (χ1) is 36.9. The molecule has 82 heavy (non-hydrogen) atoms. The summed E-state index contributed by atoms with van der Waals surface area (Å²) in [5.74, 6) is -12.6. The van der Waals surface area contributed by atoms with Gasteiger partial charge in [0.15, 0.2) is 44.4 Å². The number of aromatic nitrogens is 4. The number of carbonyl (C=O) groups is 8. The summed E-state index contributed by atoms with van der Waals surface area (Å²) in [6, 6.07) is -5.55. The van der Waals surface area contributed by atoms with Crippen LogP contribution in [0, 0.1) is 0 Å². The van der Waals surface area contributed by atoms with Crippen LogP contribution in [0.5, 0.6) is 11.5 Å². The number of aromatic hydroxyl groups is 2. The fraction of sp³-hybridized carbons (Fsp3) is 0.316. The quantitative estimate of drug-likeness (QED) is 0.00976. The van der Waals surface area contributed by atoms with Gasteiger partial charge in [-0.15, -0.1) is 22.7 Å². The molecule has 432 valence electrons. The number of nitrogen functional groups attached to an aromatic ring is 2. The van der Waals surface area contributed by atoms with E-state index in [4.69, 9.17) is 21.1 Å². The number of anilines is 2. The predicted molar refractivity (Wildman–Crippen MR) is 258 cm³/mol. The number of nitrogens with one attached hydrogen (secondary N) is 4. The number of rotatable bonds is 20. The Morgan fingerprint density at radius 3 is 1.24 bits per heavy atom. The Balaban J connectivity index is 0.000000420. The van der Waals surface area contributed by atoms with Crippen molar-refractivity contribution in [2.75, 3.05) is 24.6 Å². The van der Waals surface area contributed by atoms with Gasteiger partial charge in [0.25, 0.3) is 35.4 Å². The zero-order valence-corrected chi connectivity index (χ0v) is 49.9. The number of pyridine rings is 2. The Morgan fingerprint density at radius 1 is 0.659 bits per heavy atom. The minimum atomic E-state index is -5.19. The van der Waals surface area contributed by atoms with Gasteiger partial charge in [0.05, 0.1) is 36.4 Å². The summed E-state index contributed by atoms with van der Waals surface area (Å²) in [4.78, 5) is 139. The normalized spacial score (nSPS) is 17.2. The summed E-state index contributed by atoms with van der Waals surface area (Å²) in [6.45, 7) is 2.75. The number of β-lactam (4-membered cyclic amide) rings is 2. The second kappa shape index (κ2) is 26.6. The third-order valence-corrected chi connectivity index (χ3v) is 13.8. The van der Waals surface area contributed by atoms with Gasteiger partial charge in [0, 0.05) is 36.0 Å². The van der Waals surface area contributed by atoms with E-state index in [1.54, 1.807) is 0 Å². The van der Waals surface area contributed by atoms with Crippen molar-refractivity contribution < 1.29 is 164 Å². The van der Waals surface area contributed by atoms with Crippen LogP contribution in [0.4, 0.5) is 10.3 Å². The average molecular weight is 1250 g/mol. The van der Waals surface area contributed by atoms with E-state index in [9.17, 15) is 105 Å². The predicted octanol–water partition coefficient (Wildman–Crippen LogP) is -14.0. The van der Waals surface area contributed by atoms with Crippen molar-refractivity contribution in [2.24, 2.45) is 10.3 Å². The Kier molecular flexibility index (Phi) is 22.3. The molecule has 4 atom stereocenters. The summed E-state index contributed by atoms with van der Waals surface area (Å²) in [7, 11) is -10.4. The van der Waals surface area contributed by atoms with Gasteiger partial charge in [-0.05, 0) is 27.7 Å². The fourth-order valence-corrected chi connectivity index (χ4v) is 9.13. The summed E-state index contributed by atoms with van der Waals surface area (Å²) in [6.07, 6.45) is 1.04. The van der Waals surface area contributed by atoms with Crippen LogP contribution in [0.15, 0.2) is 55.2 Å². The number of thiazole rings is 2. The molecule has 38 nitrogen and oxygen atoms in total. The second-order valence-electron chi connectivity index (χ2n) is 17.0. The van der Waals surface area contributed by atoms with Gasteiger partial charge in [-0.1, -0.05) is 10.3 Å². The number of carbonyl (C=O) groups excluding carboxylic acids is 8. The van der Waals surface area contributed by atoms with E-state index in [-0.39, 0.29) is 98.8 Å². The topological polar surface area (TPSA) is 592 Å². The van der Waals surface area contributed by atoms with Gasteiger partial charge in [-0.3, -0.25) is 47.5 Å². The minimum Gasteiger partial charge on any atom is -0.546 e. The molecule has 0 bridgehead atoms.